The Bertz CT molecular complexity index is 1120. The predicted octanol–water partition coefficient (Wildman–Crippen LogP) is 3.74. The average molecular weight is 342 g/mol. The second-order valence-electron chi connectivity index (χ2n) is 6.65. The standard InChI is InChI=1S/C21H18N4O/c26-16-10-12-24(13-11-16)19-7-3-4-15-8-9-20(23-21(15)19)25-14-22-17-5-1-2-6-18(17)25/h1-9,14H,10-13H2. The van der Waals surface area contributed by atoms with Crippen molar-refractivity contribution in [2.24, 2.45) is 0 Å². The number of Topliss-reactive ketones (excluding diaryl/α,β-unsaturated/α-hetero) is 1. The largest absolute Gasteiger partial charge is 0.369 e. The first-order valence-corrected chi connectivity index (χ1v) is 8.88. The number of para-hydroxylation sites is 3. The normalized spacial score (nSPS) is 15.1. The van der Waals surface area contributed by atoms with Crippen molar-refractivity contribution in [3.05, 3.63) is 60.9 Å². The van der Waals surface area contributed by atoms with Gasteiger partial charge in [-0.05, 0) is 30.3 Å². The van der Waals surface area contributed by atoms with E-state index in [4.69, 9.17) is 4.98 Å². The first kappa shape index (κ1) is 15.1. The first-order chi connectivity index (χ1) is 12.8. The van der Waals surface area contributed by atoms with E-state index in [9.17, 15) is 4.79 Å². The minimum Gasteiger partial charge on any atom is -0.369 e. The van der Waals surface area contributed by atoms with Crippen molar-refractivity contribution in [1.82, 2.24) is 14.5 Å². The first-order valence-electron chi connectivity index (χ1n) is 8.88. The van der Waals surface area contributed by atoms with Crippen molar-refractivity contribution < 1.29 is 4.79 Å². The molecule has 0 saturated carbocycles. The second-order valence-corrected chi connectivity index (χ2v) is 6.65. The number of aromatic nitrogens is 3. The Morgan fingerprint density at radius 1 is 0.885 bits per heavy atom. The number of fused-ring (bicyclic) bond motifs is 2. The molecule has 0 atom stereocenters. The zero-order valence-corrected chi connectivity index (χ0v) is 14.3. The number of carbonyl (C=O) groups excluding carboxylic acids is 1. The van der Waals surface area contributed by atoms with Crippen LogP contribution >= 0.6 is 0 Å². The maximum absolute atomic E-state index is 11.6. The van der Waals surface area contributed by atoms with Crippen LogP contribution in [0.25, 0.3) is 27.8 Å². The van der Waals surface area contributed by atoms with Crippen LogP contribution in [0.15, 0.2) is 60.9 Å². The Morgan fingerprint density at radius 3 is 2.62 bits per heavy atom. The van der Waals surface area contributed by atoms with Crippen molar-refractivity contribution >= 4 is 33.4 Å². The highest BCUT2D eigenvalue weighted by Crippen LogP contribution is 2.28. The number of anilines is 1. The van der Waals surface area contributed by atoms with Crippen LogP contribution in [0, 0.1) is 0 Å². The molecule has 1 saturated heterocycles. The molecule has 0 bridgehead atoms. The fourth-order valence-corrected chi connectivity index (χ4v) is 3.65. The van der Waals surface area contributed by atoms with Crippen LogP contribution in [0.5, 0.6) is 0 Å². The topological polar surface area (TPSA) is 51.0 Å². The molecule has 4 aromatic rings. The molecule has 3 heterocycles. The number of hydrogen-bond acceptors (Lipinski definition) is 4. The number of ketones is 1. The van der Waals surface area contributed by atoms with Gasteiger partial charge in [0.2, 0.25) is 0 Å². The highest BCUT2D eigenvalue weighted by molar-refractivity contribution is 5.93. The lowest BCUT2D eigenvalue weighted by atomic mass is 10.1. The molecule has 0 spiro atoms. The van der Waals surface area contributed by atoms with Gasteiger partial charge in [0.15, 0.2) is 0 Å². The fraction of sp³-hybridized carbons (Fsp3) is 0.190. The zero-order valence-electron chi connectivity index (χ0n) is 14.3. The van der Waals surface area contributed by atoms with E-state index in [1.54, 1.807) is 0 Å². The number of pyridine rings is 1. The third-order valence-electron chi connectivity index (χ3n) is 5.05. The van der Waals surface area contributed by atoms with Crippen LogP contribution in [-0.4, -0.2) is 33.4 Å². The molecule has 0 amide bonds. The predicted molar refractivity (Wildman–Crippen MR) is 103 cm³/mol. The molecule has 0 radical (unpaired) electrons. The van der Waals surface area contributed by atoms with Crippen molar-refractivity contribution in [3.63, 3.8) is 0 Å². The summed E-state index contributed by atoms with van der Waals surface area (Å²) in [5.74, 6) is 1.20. The van der Waals surface area contributed by atoms with Crippen LogP contribution in [0.4, 0.5) is 5.69 Å². The van der Waals surface area contributed by atoms with E-state index in [1.165, 1.54) is 0 Å². The van der Waals surface area contributed by atoms with Gasteiger partial charge >= 0.3 is 0 Å². The van der Waals surface area contributed by atoms with E-state index in [0.717, 1.165) is 46.5 Å². The second kappa shape index (κ2) is 5.95. The van der Waals surface area contributed by atoms with Gasteiger partial charge in [-0.15, -0.1) is 0 Å². The van der Waals surface area contributed by atoms with Crippen molar-refractivity contribution in [2.45, 2.75) is 12.8 Å². The monoisotopic (exact) mass is 342 g/mol. The van der Waals surface area contributed by atoms with E-state index < -0.39 is 0 Å². The third-order valence-corrected chi connectivity index (χ3v) is 5.05. The molecule has 128 valence electrons. The molecular weight excluding hydrogens is 324 g/mol. The molecule has 1 aliphatic heterocycles. The van der Waals surface area contributed by atoms with Crippen LogP contribution in [-0.2, 0) is 4.79 Å². The summed E-state index contributed by atoms with van der Waals surface area (Å²) in [4.78, 5) is 23.3. The molecule has 26 heavy (non-hydrogen) atoms. The molecule has 2 aromatic heterocycles. The van der Waals surface area contributed by atoms with Gasteiger partial charge in [0.05, 0.1) is 22.2 Å². The van der Waals surface area contributed by atoms with Crippen molar-refractivity contribution in [2.75, 3.05) is 18.0 Å². The van der Waals surface area contributed by atoms with Gasteiger partial charge in [0, 0.05) is 31.3 Å². The number of piperidine rings is 1. The summed E-state index contributed by atoms with van der Waals surface area (Å²) in [5, 5.41) is 1.10. The summed E-state index contributed by atoms with van der Waals surface area (Å²) < 4.78 is 2.02. The van der Waals surface area contributed by atoms with Crippen molar-refractivity contribution in [3.8, 4) is 5.82 Å². The van der Waals surface area contributed by atoms with E-state index in [-0.39, 0.29) is 0 Å². The number of benzene rings is 2. The SMILES string of the molecule is O=C1CCN(c2cccc3ccc(-n4cnc5ccccc54)nc23)CC1. The lowest BCUT2D eigenvalue weighted by molar-refractivity contribution is -0.119. The lowest BCUT2D eigenvalue weighted by Gasteiger charge is -2.28. The Balaban J connectivity index is 1.65. The van der Waals surface area contributed by atoms with E-state index in [1.807, 2.05) is 35.2 Å². The minimum atomic E-state index is 0.347. The molecule has 0 aliphatic carbocycles. The molecular formula is C21H18N4O. The lowest BCUT2D eigenvalue weighted by Crippen LogP contribution is -2.33. The Kier molecular flexibility index (Phi) is 3.45. The van der Waals surface area contributed by atoms with Gasteiger partial charge in [-0.3, -0.25) is 9.36 Å². The number of carbonyl (C=O) groups is 1. The number of nitrogens with zero attached hydrogens (tertiary/aromatic N) is 4. The van der Waals surface area contributed by atoms with Gasteiger partial charge in [-0.2, -0.15) is 0 Å². The molecule has 5 heteroatoms. The van der Waals surface area contributed by atoms with Gasteiger partial charge in [0.1, 0.15) is 17.9 Å². The molecule has 0 N–H and O–H groups in total. The minimum absolute atomic E-state index is 0.347. The average Bonchev–Trinajstić information content (AvgIpc) is 3.12. The number of hydrogen-bond donors (Lipinski definition) is 0. The molecule has 0 unspecified atom stereocenters. The summed E-state index contributed by atoms with van der Waals surface area (Å²) in [6.45, 7) is 1.52. The molecule has 5 nitrogen and oxygen atoms in total. The van der Waals surface area contributed by atoms with Crippen LogP contribution < -0.4 is 4.90 Å². The highest BCUT2D eigenvalue weighted by Gasteiger charge is 2.19. The molecule has 5 rings (SSSR count). The summed E-state index contributed by atoms with van der Waals surface area (Å²) in [5.41, 5.74) is 4.07. The highest BCUT2D eigenvalue weighted by atomic mass is 16.1. The Labute approximate surface area is 150 Å². The van der Waals surface area contributed by atoms with Gasteiger partial charge in [-0.25, -0.2) is 9.97 Å². The molecule has 1 fully saturated rings. The van der Waals surface area contributed by atoms with Gasteiger partial charge in [0.25, 0.3) is 0 Å². The maximum atomic E-state index is 11.6. The fourth-order valence-electron chi connectivity index (χ4n) is 3.65. The quantitative estimate of drug-likeness (QED) is 0.557. The summed E-state index contributed by atoms with van der Waals surface area (Å²) in [6.07, 6.45) is 3.05. The molecule has 1 aliphatic rings. The van der Waals surface area contributed by atoms with E-state index >= 15 is 0 Å². The van der Waals surface area contributed by atoms with Crippen LogP contribution in [0.1, 0.15) is 12.8 Å². The maximum Gasteiger partial charge on any atom is 0.139 e. The van der Waals surface area contributed by atoms with Crippen LogP contribution in [0.2, 0.25) is 0 Å². The zero-order chi connectivity index (χ0) is 17.5. The van der Waals surface area contributed by atoms with Gasteiger partial charge in [-0.1, -0.05) is 24.3 Å². The Morgan fingerprint density at radius 2 is 1.73 bits per heavy atom. The number of imidazole rings is 1. The van der Waals surface area contributed by atoms with Crippen molar-refractivity contribution in [1.29, 1.82) is 0 Å². The van der Waals surface area contributed by atoms with Gasteiger partial charge < -0.3 is 4.90 Å². The molecule has 2 aromatic carbocycles. The third kappa shape index (κ3) is 2.44. The van der Waals surface area contributed by atoms with E-state index in [0.29, 0.717) is 18.6 Å². The van der Waals surface area contributed by atoms with Crippen LogP contribution in [0.3, 0.4) is 0 Å². The summed E-state index contributed by atoms with van der Waals surface area (Å²) in [6, 6.07) is 18.4. The number of rotatable bonds is 2. The smallest absolute Gasteiger partial charge is 0.139 e. The summed E-state index contributed by atoms with van der Waals surface area (Å²) >= 11 is 0. The summed E-state index contributed by atoms with van der Waals surface area (Å²) in [7, 11) is 0. The van der Waals surface area contributed by atoms with E-state index in [2.05, 4.69) is 40.2 Å². The Hall–Kier alpha value is -3.21.